The zero-order valence-corrected chi connectivity index (χ0v) is 19.0. The van der Waals surface area contributed by atoms with Crippen LogP contribution < -0.4 is 4.90 Å². The molecule has 2 aliphatic rings. The van der Waals surface area contributed by atoms with E-state index in [0.29, 0.717) is 37.1 Å². The number of nitrogens with zero attached hydrogens (tertiary/aromatic N) is 5. The number of alkyl halides is 3. The fraction of sp³-hybridized carbons (Fsp3) is 0.400. The van der Waals surface area contributed by atoms with Gasteiger partial charge in [-0.1, -0.05) is 12.1 Å². The highest BCUT2D eigenvalue weighted by Crippen LogP contribution is 2.60. The van der Waals surface area contributed by atoms with Gasteiger partial charge in [-0.2, -0.15) is 18.2 Å². The summed E-state index contributed by atoms with van der Waals surface area (Å²) in [5, 5.41) is 8.15. The molecule has 4 aromatic rings. The maximum atomic E-state index is 15.2. The van der Waals surface area contributed by atoms with Gasteiger partial charge in [-0.05, 0) is 74.8 Å². The average Bonchev–Trinajstić information content (AvgIpc) is 3.56. The van der Waals surface area contributed by atoms with E-state index < -0.39 is 23.2 Å². The lowest BCUT2D eigenvalue weighted by Gasteiger charge is -2.33. The SMILES string of the molecule is Cc1nnc2nc(N3CCCc4c(CCC5(C(F)(F)F)CC5)cccc43)c3c(F)c(F)ccc3n12. The van der Waals surface area contributed by atoms with E-state index in [2.05, 4.69) is 15.2 Å². The highest BCUT2D eigenvalue weighted by molar-refractivity contribution is 5.94. The maximum absolute atomic E-state index is 15.2. The second-order valence-electron chi connectivity index (χ2n) is 9.52. The summed E-state index contributed by atoms with van der Waals surface area (Å²) in [6, 6.07) is 8.08. The van der Waals surface area contributed by atoms with Gasteiger partial charge in [-0.25, -0.2) is 8.78 Å². The van der Waals surface area contributed by atoms with Crippen LogP contribution in [0.5, 0.6) is 0 Å². The average molecular weight is 487 g/mol. The molecule has 0 radical (unpaired) electrons. The first-order valence-electron chi connectivity index (χ1n) is 11.6. The number of aryl methyl sites for hydroxylation is 2. The highest BCUT2D eigenvalue weighted by Gasteiger charge is 2.62. The molecular weight excluding hydrogens is 465 g/mol. The highest BCUT2D eigenvalue weighted by atomic mass is 19.4. The number of anilines is 2. The van der Waals surface area contributed by atoms with Crippen molar-refractivity contribution in [1.82, 2.24) is 19.6 Å². The van der Waals surface area contributed by atoms with Crippen molar-refractivity contribution in [2.45, 2.75) is 51.6 Å². The van der Waals surface area contributed by atoms with E-state index in [1.54, 1.807) is 17.4 Å². The number of fused-ring (bicyclic) bond motifs is 4. The summed E-state index contributed by atoms with van der Waals surface area (Å²) in [6.07, 6.45) is -2.07. The van der Waals surface area contributed by atoms with Crippen molar-refractivity contribution in [2.24, 2.45) is 5.41 Å². The quantitative estimate of drug-likeness (QED) is 0.321. The summed E-state index contributed by atoms with van der Waals surface area (Å²) < 4.78 is 71.5. The van der Waals surface area contributed by atoms with Crippen LogP contribution in [-0.2, 0) is 12.8 Å². The molecule has 2 aromatic heterocycles. The predicted octanol–water partition coefficient (Wildman–Crippen LogP) is 6.22. The predicted molar refractivity (Wildman–Crippen MR) is 121 cm³/mol. The molecule has 0 amide bonds. The Balaban J connectivity index is 1.47. The standard InChI is InChI=1S/C25H22F5N5/c1-14-32-33-23-31-22(20-19(35(14)23)8-7-17(26)21(20)27)34-13-3-5-16-15(4-2-6-18(16)34)9-10-24(11-12-24)25(28,29)30/h2,4,6-8H,3,5,9-13H2,1H3. The summed E-state index contributed by atoms with van der Waals surface area (Å²) in [5.41, 5.74) is 1.37. The lowest BCUT2D eigenvalue weighted by Crippen LogP contribution is -2.28. The van der Waals surface area contributed by atoms with Crippen LogP contribution in [0.4, 0.5) is 33.5 Å². The van der Waals surface area contributed by atoms with Crippen LogP contribution >= 0.6 is 0 Å². The molecule has 0 N–H and O–H groups in total. The van der Waals surface area contributed by atoms with Crippen molar-refractivity contribution >= 4 is 28.2 Å². The molecular formula is C25H22F5N5. The molecule has 5 nitrogen and oxygen atoms in total. The van der Waals surface area contributed by atoms with Crippen molar-refractivity contribution < 1.29 is 22.0 Å². The molecule has 6 rings (SSSR count). The van der Waals surface area contributed by atoms with Gasteiger partial charge in [-0.3, -0.25) is 4.40 Å². The summed E-state index contributed by atoms with van der Waals surface area (Å²) in [6.45, 7) is 2.21. The molecule has 1 aliphatic carbocycles. The summed E-state index contributed by atoms with van der Waals surface area (Å²) in [4.78, 5) is 6.39. The Hall–Kier alpha value is -3.30. The van der Waals surface area contributed by atoms with Crippen LogP contribution in [0.2, 0.25) is 0 Å². The number of hydrogen-bond donors (Lipinski definition) is 0. The molecule has 2 aromatic carbocycles. The van der Waals surface area contributed by atoms with Crippen LogP contribution in [0.1, 0.15) is 42.6 Å². The Labute approximate surface area is 197 Å². The Kier molecular flexibility index (Phi) is 4.82. The topological polar surface area (TPSA) is 46.3 Å². The first-order chi connectivity index (χ1) is 16.7. The third-order valence-electron chi connectivity index (χ3n) is 7.48. The zero-order chi connectivity index (χ0) is 24.5. The largest absolute Gasteiger partial charge is 0.394 e. The van der Waals surface area contributed by atoms with Gasteiger partial charge in [0.05, 0.1) is 16.3 Å². The minimum absolute atomic E-state index is 0.0210. The second-order valence-corrected chi connectivity index (χ2v) is 9.52. The third-order valence-corrected chi connectivity index (χ3v) is 7.48. The molecule has 1 fully saturated rings. The van der Waals surface area contributed by atoms with Crippen molar-refractivity contribution in [3.8, 4) is 0 Å². The summed E-state index contributed by atoms with van der Waals surface area (Å²) in [5.74, 6) is -1.01. The molecule has 0 atom stereocenters. The minimum atomic E-state index is -4.19. The monoisotopic (exact) mass is 487 g/mol. The summed E-state index contributed by atoms with van der Waals surface area (Å²) >= 11 is 0. The molecule has 3 heterocycles. The fourth-order valence-corrected chi connectivity index (χ4v) is 5.34. The summed E-state index contributed by atoms with van der Waals surface area (Å²) in [7, 11) is 0. The first kappa shape index (κ1) is 22.2. The molecule has 10 heteroatoms. The minimum Gasteiger partial charge on any atom is -0.325 e. The molecule has 1 aliphatic heterocycles. The number of halogens is 5. The van der Waals surface area contributed by atoms with Crippen molar-refractivity contribution in [2.75, 3.05) is 11.4 Å². The normalized spacial score (nSPS) is 17.3. The van der Waals surface area contributed by atoms with Crippen LogP contribution in [0.25, 0.3) is 16.7 Å². The van der Waals surface area contributed by atoms with Crippen LogP contribution in [-0.4, -0.2) is 32.3 Å². The lowest BCUT2D eigenvalue weighted by atomic mass is 9.90. The maximum Gasteiger partial charge on any atom is 0.394 e. The van der Waals surface area contributed by atoms with E-state index in [1.165, 1.54) is 6.07 Å². The van der Waals surface area contributed by atoms with Gasteiger partial charge in [0.15, 0.2) is 11.6 Å². The third kappa shape index (κ3) is 3.36. The molecule has 0 spiro atoms. The molecule has 1 saturated carbocycles. The number of hydrogen-bond acceptors (Lipinski definition) is 4. The van der Waals surface area contributed by atoms with Gasteiger partial charge >= 0.3 is 6.18 Å². The van der Waals surface area contributed by atoms with E-state index in [9.17, 15) is 17.6 Å². The van der Waals surface area contributed by atoms with E-state index in [0.717, 1.165) is 22.9 Å². The second kappa shape index (κ2) is 7.60. The van der Waals surface area contributed by atoms with Crippen molar-refractivity contribution in [3.05, 3.63) is 58.9 Å². The van der Waals surface area contributed by atoms with Crippen LogP contribution in [0, 0.1) is 24.0 Å². The Morgan fingerprint density at radius 2 is 1.86 bits per heavy atom. The molecule has 0 saturated heterocycles. The smallest absolute Gasteiger partial charge is 0.325 e. The van der Waals surface area contributed by atoms with Gasteiger partial charge in [0.1, 0.15) is 11.6 Å². The number of aromatic nitrogens is 4. The number of benzene rings is 2. The first-order valence-corrected chi connectivity index (χ1v) is 11.6. The molecule has 0 bridgehead atoms. The van der Waals surface area contributed by atoms with E-state index in [1.807, 2.05) is 17.0 Å². The molecule has 35 heavy (non-hydrogen) atoms. The van der Waals surface area contributed by atoms with E-state index in [-0.39, 0.29) is 36.2 Å². The number of rotatable bonds is 4. The van der Waals surface area contributed by atoms with Gasteiger partial charge in [0, 0.05) is 12.2 Å². The fourth-order valence-electron chi connectivity index (χ4n) is 5.34. The van der Waals surface area contributed by atoms with Gasteiger partial charge in [-0.15, -0.1) is 10.2 Å². The van der Waals surface area contributed by atoms with Gasteiger partial charge in [0.2, 0.25) is 0 Å². The molecule has 182 valence electrons. The Bertz CT molecular complexity index is 1470. The van der Waals surface area contributed by atoms with Gasteiger partial charge in [0.25, 0.3) is 5.78 Å². The van der Waals surface area contributed by atoms with E-state index in [4.69, 9.17) is 0 Å². The Morgan fingerprint density at radius 1 is 1.06 bits per heavy atom. The van der Waals surface area contributed by atoms with Crippen LogP contribution in [0.15, 0.2) is 30.3 Å². The van der Waals surface area contributed by atoms with Gasteiger partial charge < -0.3 is 4.90 Å². The van der Waals surface area contributed by atoms with Crippen LogP contribution in [0.3, 0.4) is 0 Å². The zero-order valence-electron chi connectivity index (χ0n) is 19.0. The van der Waals surface area contributed by atoms with E-state index >= 15 is 4.39 Å². The Morgan fingerprint density at radius 3 is 2.60 bits per heavy atom. The molecule has 0 unspecified atom stereocenters. The lowest BCUT2D eigenvalue weighted by molar-refractivity contribution is -0.188. The van der Waals surface area contributed by atoms with Crippen molar-refractivity contribution in [1.29, 1.82) is 0 Å². The van der Waals surface area contributed by atoms with Crippen molar-refractivity contribution in [3.63, 3.8) is 0 Å².